The SMILES string of the molecule is CCN(CCCN(C)C)S(=O)(=O)Cc1ccc(C#N)cc1. The number of rotatable bonds is 8. The third-order valence-electron chi connectivity index (χ3n) is 3.19. The van der Waals surface area contributed by atoms with Crippen LogP contribution in [0, 0.1) is 11.3 Å². The molecular weight excluding hydrogens is 286 g/mol. The number of hydrogen-bond donors (Lipinski definition) is 0. The molecule has 0 aliphatic heterocycles. The topological polar surface area (TPSA) is 64.4 Å². The highest BCUT2D eigenvalue weighted by Crippen LogP contribution is 2.12. The van der Waals surface area contributed by atoms with E-state index in [1.807, 2.05) is 32.0 Å². The van der Waals surface area contributed by atoms with Crippen LogP contribution in [0.1, 0.15) is 24.5 Å². The van der Waals surface area contributed by atoms with Gasteiger partial charge in [0.2, 0.25) is 10.0 Å². The zero-order valence-corrected chi connectivity index (χ0v) is 13.7. The largest absolute Gasteiger partial charge is 0.309 e. The van der Waals surface area contributed by atoms with E-state index in [9.17, 15) is 8.42 Å². The first-order chi connectivity index (χ1) is 9.89. The van der Waals surface area contributed by atoms with E-state index in [0.717, 1.165) is 13.0 Å². The summed E-state index contributed by atoms with van der Waals surface area (Å²) in [5, 5.41) is 8.75. The van der Waals surface area contributed by atoms with Gasteiger partial charge in [-0.15, -0.1) is 0 Å². The molecule has 6 heteroatoms. The molecule has 0 radical (unpaired) electrons. The Morgan fingerprint density at radius 3 is 2.24 bits per heavy atom. The van der Waals surface area contributed by atoms with Gasteiger partial charge in [0.15, 0.2) is 0 Å². The Kier molecular flexibility index (Phi) is 6.82. The Morgan fingerprint density at radius 2 is 1.76 bits per heavy atom. The highest BCUT2D eigenvalue weighted by atomic mass is 32.2. The van der Waals surface area contributed by atoms with Crippen molar-refractivity contribution in [1.29, 1.82) is 5.26 Å². The maximum absolute atomic E-state index is 12.4. The van der Waals surface area contributed by atoms with E-state index in [0.29, 0.717) is 24.2 Å². The summed E-state index contributed by atoms with van der Waals surface area (Å²) in [4.78, 5) is 2.04. The minimum absolute atomic E-state index is 0.0193. The van der Waals surface area contributed by atoms with Gasteiger partial charge < -0.3 is 4.90 Å². The van der Waals surface area contributed by atoms with E-state index in [1.54, 1.807) is 24.3 Å². The summed E-state index contributed by atoms with van der Waals surface area (Å²) in [6.45, 7) is 3.73. The van der Waals surface area contributed by atoms with Crippen LogP contribution in [-0.2, 0) is 15.8 Å². The van der Waals surface area contributed by atoms with Crippen molar-refractivity contribution in [2.75, 3.05) is 33.7 Å². The third-order valence-corrected chi connectivity index (χ3v) is 5.12. The summed E-state index contributed by atoms with van der Waals surface area (Å²) in [5.41, 5.74) is 1.24. The second kappa shape index (κ2) is 8.13. The molecule has 0 N–H and O–H groups in total. The van der Waals surface area contributed by atoms with E-state index in [4.69, 9.17) is 5.26 Å². The van der Waals surface area contributed by atoms with Gasteiger partial charge in [-0.1, -0.05) is 19.1 Å². The van der Waals surface area contributed by atoms with E-state index >= 15 is 0 Å². The molecule has 0 bridgehead atoms. The van der Waals surface area contributed by atoms with Crippen molar-refractivity contribution in [3.63, 3.8) is 0 Å². The fourth-order valence-electron chi connectivity index (χ4n) is 2.03. The number of sulfonamides is 1. The quantitative estimate of drug-likeness (QED) is 0.732. The molecular formula is C15H23N3O2S. The summed E-state index contributed by atoms with van der Waals surface area (Å²) in [6.07, 6.45) is 0.813. The Morgan fingerprint density at radius 1 is 1.14 bits per heavy atom. The molecule has 1 aromatic carbocycles. The molecule has 0 aromatic heterocycles. The van der Waals surface area contributed by atoms with Gasteiger partial charge in [0.25, 0.3) is 0 Å². The molecule has 1 aromatic rings. The van der Waals surface area contributed by atoms with Gasteiger partial charge in [0.1, 0.15) is 0 Å². The highest BCUT2D eigenvalue weighted by Gasteiger charge is 2.20. The first kappa shape index (κ1) is 17.6. The fourth-order valence-corrected chi connectivity index (χ4v) is 3.63. The standard InChI is InChI=1S/C15H23N3O2S/c1-4-18(11-5-10-17(2)3)21(19,20)13-15-8-6-14(12-16)7-9-15/h6-9H,4-5,10-11,13H2,1-3H3. The van der Waals surface area contributed by atoms with Gasteiger partial charge in [0, 0.05) is 13.1 Å². The van der Waals surface area contributed by atoms with Crippen LogP contribution < -0.4 is 0 Å². The third kappa shape index (κ3) is 5.84. The lowest BCUT2D eigenvalue weighted by Gasteiger charge is -2.21. The number of hydrogen-bond acceptors (Lipinski definition) is 4. The van der Waals surface area contributed by atoms with E-state index in [2.05, 4.69) is 0 Å². The summed E-state index contributed by atoms with van der Waals surface area (Å²) in [7, 11) is 0.636. The average molecular weight is 309 g/mol. The smallest absolute Gasteiger partial charge is 0.218 e. The van der Waals surface area contributed by atoms with Crippen molar-refractivity contribution < 1.29 is 8.42 Å². The molecule has 0 unspecified atom stereocenters. The first-order valence-corrected chi connectivity index (χ1v) is 8.61. The molecule has 116 valence electrons. The van der Waals surface area contributed by atoms with Crippen molar-refractivity contribution in [3.8, 4) is 6.07 Å². The van der Waals surface area contributed by atoms with Gasteiger partial charge in [-0.3, -0.25) is 0 Å². The molecule has 0 aliphatic rings. The summed E-state index contributed by atoms with van der Waals surface area (Å²) in [6, 6.07) is 8.71. The van der Waals surface area contributed by atoms with Crippen molar-refractivity contribution in [2.45, 2.75) is 19.1 Å². The predicted octanol–water partition coefficient (Wildman–Crippen LogP) is 1.66. The molecule has 0 atom stereocenters. The molecule has 0 saturated carbocycles. The molecule has 0 heterocycles. The van der Waals surface area contributed by atoms with E-state index < -0.39 is 10.0 Å². The second-order valence-corrected chi connectivity index (χ2v) is 7.18. The maximum Gasteiger partial charge on any atom is 0.218 e. The van der Waals surface area contributed by atoms with E-state index in [1.165, 1.54) is 4.31 Å². The molecule has 0 fully saturated rings. The van der Waals surface area contributed by atoms with Crippen molar-refractivity contribution in [1.82, 2.24) is 9.21 Å². The predicted molar refractivity (Wildman–Crippen MR) is 84.2 cm³/mol. The van der Waals surface area contributed by atoms with Gasteiger partial charge in [-0.05, 0) is 44.8 Å². The van der Waals surface area contributed by atoms with Gasteiger partial charge in [-0.2, -0.15) is 5.26 Å². The van der Waals surface area contributed by atoms with Crippen LogP contribution in [-0.4, -0.2) is 51.4 Å². The van der Waals surface area contributed by atoms with Crippen LogP contribution in [0.25, 0.3) is 0 Å². The Balaban J connectivity index is 2.70. The highest BCUT2D eigenvalue weighted by molar-refractivity contribution is 7.88. The number of benzene rings is 1. The monoisotopic (exact) mass is 309 g/mol. The van der Waals surface area contributed by atoms with Gasteiger partial charge in [0.05, 0.1) is 17.4 Å². The Labute approximate surface area is 127 Å². The second-order valence-electron chi connectivity index (χ2n) is 5.21. The molecule has 1 rings (SSSR count). The lowest BCUT2D eigenvalue weighted by Crippen LogP contribution is -2.34. The Hall–Kier alpha value is -1.42. The molecule has 0 saturated heterocycles. The molecule has 5 nitrogen and oxygen atoms in total. The fraction of sp³-hybridized carbons (Fsp3) is 0.533. The summed E-state index contributed by atoms with van der Waals surface area (Å²) < 4.78 is 26.3. The average Bonchev–Trinajstić information content (AvgIpc) is 2.43. The van der Waals surface area contributed by atoms with Crippen molar-refractivity contribution >= 4 is 10.0 Å². The van der Waals surface area contributed by atoms with Crippen LogP contribution in [0.15, 0.2) is 24.3 Å². The summed E-state index contributed by atoms with van der Waals surface area (Å²) >= 11 is 0. The summed E-state index contributed by atoms with van der Waals surface area (Å²) in [5.74, 6) is -0.0193. The van der Waals surface area contributed by atoms with Crippen LogP contribution >= 0.6 is 0 Å². The minimum atomic E-state index is -3.31. The molecule has 0 spiro atoms. The normalized spacial score (nSPS) is 11.8. The minimum Gasteiger partial charge on any atom is -0.309 e. The zero-order valence-electron chi connectivity index (χ0n) is 12.9. The van der Waals surface area contributed by atoms with Crippen LogP contribution in [0.4, 0.5) is 0 Å². The van der Waals surface area contributed by atoms with Crippen LogP contribution in [0.2, 0.25) is 0 Å². The zero-order chi connectivity index (χ0) is 15.9. The molecule has 0 aliphatic carbocycles. The van der Waals surface area contributed by atoms with Crippen molar-refractivity contribution in [3.05, 3.63) is 35.4 Å². The van der Waals surface area contributed by atoms with Gasteiger partial charge in [-0.25, -0.2) is 12.7 Å². The number of nitriles is 1. The lowest BCUT2D eigenvalue weighted by atomic mass is 10.2. The van der Waals surface area contributed by atoms with E-state index in [-0.39, 0.29) is 5.75 Å². The molecule has 0 amide bonds. The maximum atomic E-state index is 12.4. The van der Waals surface area contributed by atoms with Crippen LogP contribution in [0.3, 0.4) is 0 Å². The van der Waals surface area contributed by atoms with Crippen molar-refractivity contribution in [2.24, 2.45) is 0 Å². The Bertz CT molecular complexity index is 574. The van der Waals surface area contributed by atoms with Crippen LogP contribution in [0.5, 0.6) is 0 Å². The van der Waals surface area contributed by atoms with Gasteiger partial charge >= 0.3 is 0 Å². The first-order valence-electron chi connectivity index (χ1n) is 7.00. The number of nitrogens with zero attached hydrogens (tertiary/aromatic N) is 3. The molecule has 21 heavy (non-hydrogen) atoms. The lowest BCUT2D eigenvalue weighted by molar-refractivity contribution is 0.356.